The topological polar surface area (TPSA) is 96.7 Å². The van der Waals surface area contributed by atoms with Crippen LogP contribution in [0.25, 0.3) is 17.2 Å². The highest BCUT2D eigenvalue weighted by Gasteiger charge is 2.16. The molecule has 1 aromatic carbocycles. The number of ether oxygens (including phenoxy) is 1. The maximum atomic E-state index is 5.75. The van der Waals surface area contributed by atoms with E-state index in [0.29, 0.717) is 23.1 Å². The number of benzene rings is 1. The van der Waals surface area contributed by atoms with Crippen molar-refractivity contribution in [3.05, 3.63) is 30.5 Å². The summed E-state index contributed by atoms with van der Waals surface area (Å²) in [5, 5.41) is 16.0. The highest BCUT2D eigenvalue weighted by molar-refractivity contribution is 5.68. The van der Waals surface area contributed by atoms with Crippen LogP contribution in [0.1, 0.15) is 0 Å². The molecule has 102 valence electrons. The molecule has 0 amide bonds. The Hall–Kier alpha value is -2.90. The molecule has 0 spiro atoms. The predicted molar refractivity (Wildman–Crippen MR) is 72.3 cm³/mol. The summed E-state index contributed by atoms with van der Waals surface area (Å²) in [4.78, 5) is 0. The van der Waals surface area contributed by atoms with Gasteiger partial charge in [0.1, 0.15) is 5.75 Å². The van der Waals surface area contributed by atoms with E-state index in [1.54, 1.807) is 28.6 Å². The molecule has 2 heterocycles. The van der Waals surface area contributed by atoms with Gasteiger partial charge in [0.05, 0.1) is 12.7 Å². The van der Waals surface area contributed by atoms with Gasteiger partial charge in [0.2, 0.25) is 0 Å². The summed E-state index contributed by atoms with van der Waals surface area (Å²) in [5.74, 6) is 1.78. The Kier molecular flexibility index (Phi) is 2.82. The minimum Gasteiger partial charge on any atom is -0.496 e. The average molecular weight is 271 g/mol. The molecular formula is C12H13N7O. The van der Waals surface area contributed by atoms with Gasteiger partial charge in [-0.2, -0.15) is 9.78 Å². The largest absolute Gasteiger partial charge is 0.496 e. The zero-order valence-electron chi connectivity index (χ0n) is 11.1. The molecule has 0 radical (unpaired) electrons. The number of aromatic nitrogens is 6. The van der Waals surface area contributed by atoms with E-state index in [4.69, 9.17) is 10.5 Å². The summed E-state index contributed by atoms with van der Waals surface area (Å²) in [6.45, 7) is 0. The fourth-order valence-corrected chi connectivity index (χ4v) is 1.92. The minimum atomic E-state index is 0.542. The maximum Gasteiger partial charge on any atom is 0.192 e. The first-order valence-corrected chi connectivity index (χ1v) is 5.91. The first-order valence-electron chi connectivity index (χ1n) is 5.91. The van der Waals surface area contributed by atoms with Crippen molar-refractivity contribution in [3.8, 4) is 23.0 Å². The molecule has 0 aliphatic rings. The summed E-state index contributed by atoms with van der Waals surface area (Å²) >= 11 is 0. The predicted octanol–water partition coefficient (Wildman–Crippen LogP) is 0.654. The smallest absolute Gasteiger partial charge is 0.192 e. The Bertz CT molecular complexity index is 746. The molecule has 0 aliphatic carbocycles. The van der Waals surface area contributed by atoms with E-state index in [1.807, 2.05) is 25.4 Å². The van der Waals surface area contributed by atoms with Crippen molar-refractivity contribution in [1.29, 1.82) is 0 Å². The Labute approximate surface area is 114 Å². The number of hydrogen-bond donors (Lipinski definition) is 1. The summed E-state index contributed by atoms with van der Waals surface area (Å²) < 4.78 is 8.56. The lowest BCUT2D eigenvalue weighted by molar-refractivity contribution is 0.416. The molecule has 2 N–H and O–H groups in total. The molecule has 0 bridgehead atoms. The van der Waals surface area contributed by atoms with Gasteiger partial charge in [-0.3, -0.25) is 4.68 Å². The van der Waals surface area contributed by atoms with Gasteiger partial charge < -0.3 is 10.5 Å². The fraction of sp³-hybridized carbons (Fsp3) is 0.167. The summed E-state index contributed by atoms with van der Waals surface area (Å²) in [6.07, 6.45) is 1.82. The van der Waals surface area contributed by atoms with Crippen molar-refractivity contribution in [1.82, 2.24) is 30.0 Å². The van der Waals surface area contributed by atoms with Crippen LogP contribution in [0.2, 0.25) is 0 Å². The third-order valence-electron chi connectivity index (χ3n) is 2.85. The van der Waals surface area contributed by atoms with Gasteiger partial charge in [-0.1, -0.05) is 0 Å². The van der Waals surface area contributed by atoms with E-state index in [9.17, 15) is 0 Å². The number of nitrogen functional groups attached to an aromatic ring is 1. The zero-order chi connectivity index (χ0) is 14.1. The first kappa shape index (κ1) is 12.2. The lowest BCUT2D eigenvalue weighted by Crippen LogP contribution is -2.03. The van der Waals surface area contributed by atoms with E-state index in [0.717, 1.165) is 5.56 Å². The van der Waals surface area contributed by atoms with Crippen LogP contribution in [0.4, 0.5) is 5.69 Å². The lowest BCUT2D eigenvalue weighted by Gasteiger charge is -2.08. The second kappa shape index (κ2) is 4.65. The van der Waals surface area contributed by atoms with E-state index < -0.39 is 0 Å². The number of anilines is 1. The number of rotatable bonds is 3. The van der Waals surface area contributed by atoms with Gasteiger partial charge in [0.25, 0.3) is 0 Å². The normalized spacial score (nSPS) is 10.7. The van der Waals surface area contributed by atoms with Crippen molar-refractivity contribution in [2.24, 2.45) is 7.05 Å². The van der Waals surface area contributed by atoms with Gasteiger partial charge in [0, 0.05) is 31.1 Å². The molecule has 0 aliphatic heterocycles. The third kappa shape index (κ3) is 1.96. The van der Waals surface area contributed by atoms with Gasteiger partial charge in [0.15, 0.2) is 11.6 Å². The van der Waals surface area contributed by atoms with Crippen molar-refractivity contribution >= 4 is 5.69 Å². The van der Waals surface area contributed by atoms with Gasteiger partial charge in [-0.05, 0) is 22.6 Å². The molecule has 0 unspecified atom stereocenters. The molecule has 8 heteroatoms. The number of nitrogens with zero attached hydrogens (tertiary/aromatic N) is 6. The van der Waals surface area contributed by atoms with Crippen LogP contribution in [-0.2, 0) is 7.05 Å². The number of hydrogen-bond acceptors (Lipinski definition) is 6. The molecule has 8 nitrogen and oxygen atoms in total. The van der Waals surface area contributed by atoms with Gasteiger partial charge in [-0.15, -0.1) is 5.10 Å². The van der Waals surface area contributed by atoms with Crippen LogP contribution >= 0.6 is 0 Å². The van der Waals surface area contributed by atoms with Crippen LogP contribution in [-0.4, -0.2) is 37.1 Å². The van der Waals surface area contributed by atoms with Crippen LogP contribution in [0, 0.1) is 0 Å². The maximum absolute atomic E-state index is 5.75. The summed E-state index contributed by atoms with van der Waals surface area (Å²) in [7, 11) is 3.41. The molecule has 2 aromatic heterocycles. The Morgan fingerprint density at radius 3 is 2.80 bits per heavy atom. The molecule has 0 saturated heterocycles. The summed E-state index contributed by atoms with van der Waals surface area (Å²) in [5.41, 5.74) is 7.12. The van der Waals surface area contributed by atoms with Crippen molar-refractivity contribution in [2.45, 2.75) is 0 Å². The Morgan fingerprint density at radius 2 is 2.10 bits per heavy atom. The number of aryl methyl sites for hydroxylation is 1. The van der Waals surface area contributed by atoms with Gasteiger partial charge >= 0.3 is 0 Å². The molecular weight excluding hydrogens is 258 g/mol. The van der Waals surface area contributed by atoms with E-state index in [1.165, 1.54) is 0 Å². The Balaban J connectivity index is 2.15. The first-order chi connectivity index (χ1) is 9.69. The number of nitrogens with two attached hydrogens (primary N) is 1. The van der Waals surface area contributed by atoms with Gasteiger partial charge in [-0.25, -0.2) is 0 Å². The molecule has 0 atom stereocenters. The third-order valence-corrected chi connectivity index (χ3v) is 2.85. The standard InChI is InChI=1S/C12H13N7O/c1-18-6-5-11(15-18)19-12(14-16-17-19)9-4-3-8(13)7-10(9)20-2/h3-7H,13H2,1-2H3. The number of methoxy groups -OCH3 is 1. The highest BCUT2D eigenvalue weighted by atomic mass is 16.5. The molecule has 3 rings (SSSR count). The zero-order valence-corrected chi connectivity index (χ0v) is 11.1. The second-order valence-corrected chi connectivity index (χ2v) is 4.22. The second-order valence-electron chi connectivity index (χ2n) is 4.22. The van der Waals surface area contributed by atoms with Crippen LogP contribution < -0.4 is 10.5 Å². The van der Waals surface area contributed by atoms with E-state index in [2.05, 4.69) is 20.6 Å². The Morgan fingerprint density at radius 1 is 1.25 bits per heavy atom. The van der Waals surface area contributed by atoms with Crippen LogP contribution in [0.15, 0.2) is 30.5 Å². The summed E-state index contributed by atoms with van der Waals surface area (Å²) in [6, 6.07) is 7.14. The molecule has 20 heavy (non-hydrogen) atoms. The quantitative estimate of drug-likeness (QED) is 0.703. The monoisotopic (exact) mass is 271 g/mol. The van der Waals surface area contributed by atoms with Crippen molar-refractivity contribution in [2.75, 3.05) is 12.8 Å². The van der Waals surface area contributed by atoms with Crippen LogP contribution in [0.3, 0.4) is 0 Å². The van der Waals surface area contributed by atoms with Crippen LogP contribution in [0.5, 0.6) is 5.75 Å². The average Bonchev–Trinajstić information content (AvgIpc) is 3.06. The molecule has 0 saturated carbocycles. The molecule has 0 fully saturated rings. The van der Waals surface area contributed by atoms with Crippen molar-refractivity contribution < 1.29 is 4.74 Å². The van der Waals surface area contributed by atoms with Crippen molar-refractivity contribution in [3.63, 3.8) is 0 Å². The van der Waals surface area contributed by atoms with E-state index in [-0.39, 0.29) is 0 Å². The minimum absolute atomic E-state index is 0.542. The van der Waals surface area contributed by atoms with E-state index >= 15 is 0 Å². The SMILES string of the molecule is COc1cc(N)ccc1-c1nnnn1-c1ccn(C)n1. The number of tetrazole rings is 1. The molecule has 3 aromatic rings. The highest BCUT2D eigenvalue weighted by Crippen LogP contribution is 2.30. The fourth-order valence-electron chi connectivity index (χ4n) is 1.92. The lowest BCUT2D eigenvalue weighted by atomic mass is 10.1.